The van der Waals surface area contributed by atoms with E-state index in [1.165, 1.54) is 13.0 Å². The number of phenols is 1. The first-order chi connectivity index (χ1) is 15.8. The summed E-state index contributed by atoms with van der Waals surface area (Å²) in [5, 5.41) is 9.96. The highest BCUT2D eigenvalue weighted by Crippen LogP contribution is 2.27. The van der Waals surface area contributed by atoms with E-state index in [9.17, 15) is 14.7 Å². The zero-order valence-corrected chi connectivity index (χ0v) is 22.9. The van der Waals surface area contributed by atoms with Gasteiger partial charge < -0.3 is 9.67 Å². The number of aryl methyl sites for hydroxylation is 1. The number of benzene rings is 1. The van der Waals surface area contributed by atoms with Crippen molar-refractivity contribution in [1.82, 2.24) is 4.57 Å². The van der Waals surface area contributed by atoms with Crippen LogP contribution in [0.25, 0.3) is 11.1 Å². The maximum absolute atomic E-state index is 12.2. The number of carbonyl (C=O) groups excluding carboxylic acids is 1. The molecule has 4 heteroatoms. The van der Waals surface area contributed by atoms with E-state index < -0.39 is 0 Å². The van der Waals surface area contributed by atoms with E-state index >= 15 is 0 Å². The van der Waals surface area contributed by atoms with Gasteiger partial charge in [-0.1, -0.05) is 87.1 Å². The highest BCUT2D eigenvalue weighted by molar-refractivity contribution is 5.94. The number of carbonyl (C=O) groups is 1. The Bertz CT molecular complexity index is 905. The molecule has 0 spiro atoms. The molecule has 0 aliphatic carbocycles. The highest BCUT2D eigenvalue weighted by Gasteiger charge is 2.12. The van der Waals surface area contributed by atoms with Crippen molar-refractivity contribution in [1.29, 1.82) is 0 Å². The van der Waals surface area contributed by atoms with E-state index in [4.69, 9.17) is 0 Å². The zero-order chi connectivity index (χ0) is 26.6. The molecule has 4 nitrogen and oxygen atoms in total. The lowest BCUT2D eigenvalue weighted by Crippen LogP contribution is -2.18. The topological polar surface area (TPSA) is 59.3 Å². The summed E-state index contributed by atoms with van der Waals surface area (Å²) >= 11 is 0. The molecule has 0 saturated carbocycles. The number of rotatable bonds is 6. The fourth-order valence-corrected chi connectivity index (χ4v) is 2.76. The molecule has 0 bridgehead atoms. The van der Waals surface area contributed by atoms with Crippen LogP contribution in [-0.2, 0) is 6.54 Å². The van der Waals surface area contributed by atoms with Crippen molar-refractivity contribution >= 4 is 16.9 Å². The molecule has 0 fully saturated rings. The number of aromatic hydroxyl groups is 1. The number of Topliss-reactive ketones (excluding diaryl/α,β-unsaturated/α-hetero) is 1. The molecule has 0 radical (unpaired) electrons. The lowest BCUT2D eigenvalue weighted by atomic mass is 10.0. The minimum absolute atomic E-state index is 0.162. The molecule has 0 amide bonds. The fraction of sp³-hybridized carbons (Fsp3) is 0.448. The van der Waals surface area contributed by atoms with Crippen LogP contribution < -0.4 is 5.43 Å². The van der Waals surface area contributed by atoms with E-state index in [-0.39, 0.29) is 22.5 Å². The van der Waals surface area contributed by atoms with Crippen molar-refractivity contribution in [3.05, 3.63) is 76.2 Å². The molecule has 0 atom stereocenters. The van der Waals surface area contributed by atoms with Crippen molar-refractivity contribution in [2.24, 2.45) is 0 Å². The quantitative estimate of drug-likeness (QED) is 0.350. The van der Waals surface area contributed by atoms with Crippen LogP contribution in [-0.4, -0.2) is 15.5 Å². The summed E-state index contributed by atoms with van der Waals surface area (Å²) in [6.07, 6.45) is 4.34. The first-order valence-corrected chi connectivity index (χ1v) is 12.3. The van der Waals surface area contributed by atoms with Crippen LogP contribution in [0.5, 0.6) is 5.75 Å². The zero-order valence-electron chi connectivity index (χ0n) is 22.9. The van der Waals surface area contributed by atoms with Gasteiger partial charge in [0.2, 0.25) is 0 Å². The number of hydrogen-bond acceptors (Lipinski definition) is 3. The second-order valence-electron chi connectivity index (χ2n) is 6.06. The largest absolute Gasteiger partial charge is 0.507 e. The third-order valence-electron chi connectivity index (χ3n) is 4.02. The summed E-state index contributed by atoms with van der Waals surface area (Å²) in [5.74, 6) is -0.0731. The Balaban J connectivity index is -0.00000101. The van der Waals surface area contributed by atoms with Gasteiger partial charge in [-0.05, 0) is 43.6 Å². The molecule has 33 heavy (non-hydrogen) atoms. The van der Waals surface area contributed by atoms with Gasteiger partial charge in [-0.3, -0.25) is 9.59 Å². The smallest absolute Gasteiger partial charge is 0.192 e. The summed E-state index contributed by atoms with van der Waals surface area (Å²) in [6.45, 7) is 26.0. The normalized spacial score (nSPS) is 9.36. The Morgan fingerprint density at radius 1 is 0.970 bits per heavy atom. The summed E-state index contributed by atoms with van der Waals surface area (Å²) < 4.78 is 1.92. The maximum atomic E-state index is 12.2. The van der Waals surface area contributed by atoms with E-state index in [2.05, 4.69) is 6.58 Å². The predicted molar refractivity (Wildman–Crippen MR) is 147 cm³/mol. The highest BCUT2D eigenvalue weighted by atomic mass is 16.3. The van der Waals surface area contributed by atoms with Crippen LogP contribution in [0.2, 0.25) is 0 Å². The molecule has 2 rings (SSSR count). The van der Waals surface area contributed by atoms with Gasteiger partial charge in [0, 0.05) is 30.1 Å². The third-order valence-corrected chi connectivity index (χ3v) is 4.02. The molecule has 186 valence electrons. The monoisotopic (exact) mass is 457 g/mol. The molecule has 0 saturated heterocycles. The van der Waals surface area contributed by atoms with Gasteiger partial charge in [0.1, 0.15) is 5.75 Å². The number of allylic oxidation sites excluding steroid dienone is 3. The van der Waals surface area contributed by atoms with Crippen LogP contribution in [0, 0.1) is 0 Å². The van der Waals surface area contributed by atoms with Crippen molar-refractivity contribution in [2.75, 3.05) is 0 Å². The van der Waals surface area contributed by atoms with E-state index in [1.54, 1.807) is 24.4 Å². The summed E-state index contributed by atoms with van der Waals surface area (Å²) in [6, 6.07) is 8.48. The standard InChI is InChI=1S/C21H23NO3.4C2H6/c1-5-10-22-13-18(16(4)23)21(25)12-19(22)15(3)11-14(2)17-8-6-7-9-20(17)24;4*1-2/h6-9,11-13,24H,2,5,10H2,1,3-4H3;4*1-2H3/b15-11+;;;;. The van der Waals surface area contributed by atoms with Gasteiger partial charge in [0.25, 0.3) is 0 Å². The minimum atomic E-state index is -0.282. The van der Waals surface area contributed by atoms with Crippen molar-refractivity contribution in [2.45, 2.75) is 89.1 Å². The van der Waals surface area contributed by atoms with Gasteiger partial charge in [0.05, 0.1) is 5.56 Å². The maximum Gasteiger partial charge on any atom is 0.192 e. The Morgan fingerprint density at radius 3 is 1.94 bits per heavy atom. The number of nitrogens with zero attached hydrogens (tertiary/aromatic N) is 1. The lowest BCUT2D eigenvalue weighted by Gasteiger charge is -2.15. The first kappa shape index (κ1) is 34.7. The summed E-state index contributed by atoms with van der Waals surface area (Å²) in [7, 11) is 0. The van der Waals surface area contributed by atoms with Gasteiger partial charge in [-0.25, -0.2) is 0 Å². The first-order valence-electron chi connectivity index (χ1n) is 12.3. The molecule has 0 aliphatic heterocycles. The minimum Gasteiger partial charge on any atom is -0.507 e. The lowest BCUT2D eigenvalue weighted by molar-refractivity contribution is 0.101. The second kappa shape index (κ2) is 21.0. The van der Waals surface area contributed by atoms with Crippen molar-refractivity contribution in [3.63, 3.8) is 0 Å². The van der Waals surface area contributed by atoms with Crippen LogP contribution >= 0.6 is 0 Å². The Labute approximate surface area is 202 Å². The number of aromatic nitrogens is 1. The van der Waals surface area contributed by atoms with Gasteiger partial charge in [0.15, 0.2) is 11.2 Å². The molecular formula is C29H47NO3. The van der Waals surface area contributed by atoms with Gasteiger partial charge in [-0.2, -0.15) is 0 Å². The van der Waals surface area contributed by atoms with E-state index in [0.717, 1.165) is 17.7 Å². The Morgan fingerprint density at radius 2 is 1.48 bits per heavy atom. The van der Waals surface area contributed by atoms with E-state index in [1.807, 2.05) is 85.9 Å². The number of hydrogen-bond donors (Lipinski definition) is 1. The predicted octanol–water partition coefficient (Wildman–Crippen LogP) is 8.39. The van der Waals surface area contributed by atoms with Crippen molar-refractivity contribution < 1.29 is 9.90 Å². The molecule has 1 aromatic heterocycles. The van der Waals surface area contributed by atoms with E-state index in [0.29, 0.717) is 17.7 Å². The average Bonchev–Trinajstić information content (AvgIpc) is 2.85. The van der Waals surface area contributed by atoms with Crippen LogP contribution in [0.15, 0.2) is 54.0 Å². The SMILES string of the molecule is C=C(/C=C(\C)c1cc(=O)c(C(C)=O)cn1CCC)c1ccccc1O.CC.CC.CC.CC. The van der Waals surface area contributed by atoms with Crippen LogP contribution in [0.3, 0.4) is 0 Å². The average molecular weight is 458 g/mol. The molecule has 1 heterocycles. The summed E-state index contributed by atoms with van der Waals surface area (Å²) in [5.41, 5.74) is 2.80. The van der Waals surface area contributed by atoms with Gasteiger partial charge in [-0.15, -0.1) is 0 Å². The third kappa shape index (κ3) is 11.5. The number of phenolic OH excluding ortho intramolecular Hbond substituents is 1. The number of para-hydroxylation sites is 1. The van der Waals surface area contributed by atoms with Crippen LogP contribution in [0.4, 0.5) is 0 Å². The van der Waals surface area contributed by atoms with Crippen LogP contribution in [0.1, 0.15) is 104 Å². The van der Waals surface area contributed by atoms with Crippen molar-refractivity contribution in [3.8, 4) is 5.75 Å². The molecule has 0 aliphatic rings. The molecule has 2 aromatic rings. The summed E-state index contributed by atoms with van der Waals surface area (Å²) in [4.78, 5) is 23.9. The molecule has 1 N–H and O–H groups in total. The fourth-order valence-electron chi connectivity index (χ4n) is 2.76. The second-order valence-corrected chi connectivity index (χ2v) is 6.06. The number of pyridine rings is 1. The Kier molecular flexibility index (Phi) is 22.1. The molecule has 0 unspecified atom stereocenters. The van der Waals surface area contributed by atoms with Gasteiger partial charge >= 0.3 is 0 Å². The number of ketones is 1. The molecule has 1 aromatic carbocycles. The molecular weight excluding hydrogens is 410 g/mol. The Hall–Kier alpha value is -2.88.